The van der Waals surface area contributed by atoms with Crippen molar-refractivity contribution in [3.8, 4) is 0 Å². The highest BCUT2D eigenvalue weighted by Gasteiger charge is 2.43. The average molecular weight is 242 g/mol. The van der Waals surface area contributed by atoms with Gasteiger partial charge in [-0.05, 0) is 19.8 Å². The predicted molar refractivity (Wildman–Crippen MR) is 60.3 cm³/mol. The maximum absolute atomic E-state index is 11.8. The third-order valence-corrected chi connectivity index (χ3v) is 3.04. The summed E-state index contributed by atoms with van der Waals surface area (Å²) in [5.41, 5.74) is -1.15. The lowest BCUT2D eigenvalue weighted by atomic mass is 9.97. The van der Waals surface area contributed by atoms with E-state index in [1.807, 2.05) is 0 Å². The minimum absolute atomic E-state index is 0.316. The van der Waals surface area contributed by atoms with E-state index in [1.165, 1.54) is 13.8 Å². The zero-order valence-corrected chi connectivity index (χ0v) is 10.1. The molecule has 0 aromatic carbocycles. The molecule has 6 nitrogen and oxygen atoms in total. The molecule has 1 unspecified atom stereocenters. The summed E-state index contributed by atoms with van der Waals surface area (Å²) in [5.74, 6) is -1.77. The van der Waals surface area contributed by atoms with Gasteiger partial charge < -0.3 is 15.7 Å². The van der Waals surface area contributed by atoms with E-state index in [4.69, 9.17) is 0 Å². The van der Waals surface area contributed by atoms with E-state index < -0.39 is 23.5 Å². The van der Waals surface area contributed by atoms with E-state index in [1.54, 1.807) is 0 Å². The Kier molecular flexibility index (Phi) is 4.09. The topological polar surface area (TPSA) is 95.5 Å². The second kappa shape index (κ2) is 5.16. The molecular weight excluding hydrogens is 224 g/mol. The van der Waals surface area contributed by atoms with Gasteiger partial charge in [0, 0.05) is 6.92 Å². The van der Waals surface area contributed by atoms with Crippen LogP contribution in [0.25, 0.3) is 0 Å². The number of amides is 2. The average Bonchev–Trinajstić information content (AvgIpc) is 2.66. The molecule has 1 aliphatic rings. The van der Waals surface area contributed by atoms with Crippen LogP contribution in [0.3, 0.4) is 0 Å². The molecule has 1 rings (SSSR count). The first-order valence-electron chi connectivity index (χ1n) is 5.70. The summed E-state index contributed by atoms with van der Waals surface area (Å²) < 4.78 is 0. The van der Waals surface area contributed by atoms with Crippen LogP contribution in [0.15, 0.2) is 0 Å². The monoisotopic (exact) mass is 242 g/mol. The lowest BCUT2D eigenvalue weighted by Gasteiger charge is -2.27. The molecule has 96 valence electrons. The highest BCUT2D eigenvalue weighted by molar-refractivity contribution is 5.91. The largest absolute Gasteiger partial charge is 0.480 e. The summed E-state index contributed by atoms with van der Waals surface area (Å²) in [7, 11) is 0. The molecule has 1 atom stereocenters. The van der Waals surface area contributed by atoms with E-state index >= 15 is 0 Å². The summed E-state index contributed by atoms with van der Waals surface area (Å²) in [6, 6.07) is -0.718. The minimum Gasteiger partial charge on any atom is -0.480 e. The van der Waals surface area contributed by atoms with Crippen molar-refractivity contribution in [3.05, 3.63) is 0 Å². The van der Waals surface area contributed by atoms with Crippen LogP contribution in [-0.2, 0) is 14.4 Å². The number of carboxylic acids is 1. The van der Waals surface area contributed by atoms with Gasteiger partial charge in [-0.3, -0.25) is 9.59 Å². The third-order valence-electron chi connectivity index (χ3n) is 3.04. The fraction of sp³-hybridized carbons (Fsp3) is 0.727. The van der Waals surface area contributed by atoms with E-state index in [0.717, 1.165) is 12.8 Å². The minimum atomic E-state index is -1.15. The molecule has 0 heterocycles. The Hall–Kier alpha value is -1.59. The van der Waals surface area contributed by atoms with Gasteiger partial charge >= 0.3 is 5.97 Å². The van der Waals surface area contributed by atoms with Crippen molar-refractivity contribution in [2.75, 3.05) is 0 Å². The fourth-order valence-electron chi connectivity index (χ4n) is 2.09. The van der Waals surface area contributed by atoms with Crippen LogP contribution in [0, 0.1) is 0 Å². The Bertz CT molecular complexity index is 334. The molecular formula is C11H18N2O4. The molecule has 0 aromatic heterocycles. The maximum atomic E-state index is 11.8. The normalized spacial score (nSPS) is 19.4. The highest BCUT2D eigenvalue weighted by atomic mass is 16.4. The molecule has 3 N–H and O–H groups in total. The van der Waals surface area contributed by atoms with Crippen molar-refractivity contribution >= 4 is 17.8 Å². The van der Waals surface area contributed by atoms with Crippen LogP contribution in [0.1, 0.15) is 39.5 Å². The lowest BCUT2D eigenvalue weighted by Crippen LogP contribution is -2.57. The summed E-state index contributed by atoms with van der Waals surface area (Å²) in [6.45, 7) is 2.84. The third kappa shape index (κ3) is 3.18. The van der Waals surface area contributed by atoms with Crippen LogP contribution in [0.5, 0.6) is 0 Å². The summed E-state index contributed by atoms with van der Waals surface area (Å²) in [4.78, 5) is 33.8. The standard InChI is InChI=1S/C11H18N2O4/c1-7(12-8(2)14)9(15)13-11(10(16)17)5-3-4-6-11/h7H,3-6H2,1-2H3,(H,12,14)(H,13,15)(H,16,17). The molecule has 0 aliphatic heterocycles. The Morgan fingerprint density at radius 1 is 1.24 bits per heavy atom. The smallest absolute Gasteiger partial charge is 0.329 e. The van der Waals surface area contributed by atoms with Gasteiger partial charge in [0.1, 0.15) is 11.6 Å². The van der Waals surface area contributed by atoms with Gasteiger partial charge in [-0.25, -0.2) is 4.79 Å². The molecule has 2 amide bonds. The number of carboxylic acid groups (broad SMARTS) is 1. The number of aliphatic carboxylic acids is 1. The second-order valence-electron chi connectivity index (χ2n) is 4.51. The molecule has 0 bridgehead atoms. The molecule has 1 saturated carbocycles. The molecule has 1 aliphatic carbocycles. The lowest BCUT2D eigenvalue weighted by molar-refractivity contribution is -0.147. The van der Waals surface area contributed by atoms with Gasteiger partial charge in [0.05, 0.1) is 0 Å². The molecule has 0 saturated heterocycles. The Morgan fingerprint density at radius 2 is 1.76 bits per heavy atom. The van der Waals surface area contributed by atoms with Gasteiger partial charge in [-0.1, -0.05) is 12.8 Å². The van der Waals surface area contributed by atoms with Crippen LogP contribution in [-0.4, -0.2) is 34.5 Å². The summed E-state index contributed by atoms with van der Waals surface area (Å²) >= 11 is 0. The quantitative estimate of drug-likeness (QED) is 0.647. The van der Waals surface area contributed by atoms with E-state index in [2.05, 4.69) is 10.6 Å². The van der Waals surface area contributed by atoms with Gasteiger partial charge in [0.25, 0.3) is 0 Å². The van der Waals surface area contributed by atoms with Crippen molar-refractivity contribution in [1.29, 1.82) is 0 Å². The van der Waals surface area contributed by atoms with Crippen LogP contribution < -0.4 is 10.6 Å². The van der Waals surface area contributed by atoms with Gasteiger partial charge in [-0.2, -0.15) is 0 Å². The van der Waals surface area contributed by atoms with E-state index in [-0.39, 0.29) is 5.91 Å². The van der Waals surface area contributed by atoms with Gasteiger partial charge in [0.2, 0.25) is 11.8 Å². The maximum Gasteiger partial charge on any atom is 0.329 e. The molecule has 1 fully saturated rings. The zero-order valence-electron chi connectivity index (χ0n) is 10.1. The van der Waals surface area contributed by atoms with Crippen molar-refractivity contribution in [2.24, 2.45) is 0 Å². The SMILES string of the molecule is CC(=O)NC(C)C(=O)NC1(C(=O)O)CCCC1. The highest BCUT2D eigenvalue weighted by Crippen LogP contribution is 2.29. The number of hydrogen-bond acceptors (Lipinski definition) is 3. The molecule has 0 radical (unpaired) electrons. The summed E-state index contributed by atoms with van der Waals surface area (Å²) in [5, 5.41) is 14.1. The van der Waals surface area contributed by atoms with Crippen molar-refractivity contribution in [2.45, 2.75) is 51.1 Å². The van der Waals surface area contributed by atoms with Gasteiger partial charge in [0.15, 0.2) is 0 Å². The van der Waals surface area contributed by atoms with Crippen molar-refractivity contribution < 1.29 is 19.5 Å². The first kappa shape index (κ1) is 13.5. The number of nitrogens with one attached hydrogen (secondary N) is 2. The number of carbonyl (C=O) groups excluding carboxylic acids is 2. The van der Waals surface area contributed by atoms with E-state index in [9.17, 15) is 19.5 Å². The first-order chi connectivity index (χ1) is 7.87. The van der Waals surface area contributed by atoms with E-state index in [0.29, 0.717) is 12.8 Å². The van der Waals surface area contributed by atoms with Crippen LogP contribution in [0.2, 0.25) is 0 Å². The summed E-state index contributed by atoms with van der Waals surface area (Å²) in [6.07, 6.45) is 2.48. The number of rotatable bonds is 4. The fourth-order valence-corrected chi connectivity index (χ4v) is 2.09. The Morgan fingerprint density at radius 3 is 2.18 bits per heavy atom. The second-order valence-corrected chi connectivity index (χ2v) is 4.51. The van der Waals surface area contributed by atoms with Crippen LogP contribution >= 0.6 is 0 Å². The molecule has 6 heteroatoms. The molecule has 17 heavy (non-hydrogen) atoms. The van der Waals surface area contributed by atoms with Crippen molar-refractivity contribution in [1.82, 2.24) is 10.6 Å². The molecule has 0 spiro atoms. The number of hydrogen-bond donors (Lipinski definition) is 3. The Labute approximate surface area is 99.8 Å². The number of carbonyl (C=O) groups is 3. The zero-order chi connectivity index (χ0) is 13.1. The van der Waals surface area contributed by atoms with Crippen molar-refractivity contribution in [3.63, 3.8) is 0 Å². The van der Waals surface area contributed by atoms with Gasteiger partial charge in [-0.15, -0.1) is 0 Å². The van der Waals surface area contributed by atoms with Crippen LogP contribution in [0.4, 0.5) is 0 Å². The predicted octanol–water partition coefficient (Wildman–Crippen LogP) is 0.0246. The first-order valence-corrected chi connectivity index (χ1v) is 5.70. The Balaban J connectivity index is 2.65. The molecule has 0 aromatic rings.